The van der Waals surface area contributed by atoms with E-state index in [4.69, 9.17) is 0 Å². The molecule has 2 unspecified atom stereocenters. The first-order valence-corrected chi connectivity index (χ1v) is 5.98. The van der Waals surface area contributed by atoms with Gasteiger partial charge in [-0.05, 0) is 37.2 Å². The molecule has 1 nitrogen and oxygen atoms in total. The molecule has 0 aromatic heterocycles. The van der Waals surface area contributed by atoms with Crippen molar-refractivity contribution in [2.45, 2.75) is 32.3 Å². The van der Waals surface area contributed by atoms with Gasteiger partial charge in [0, 0.05) is 0 Å². The van der Waals surface area contributed by atoms with Gasteiger partial charge in [-0.3, -0.25) is 0 Å². The molecule has 2 heteroatoms. The average Bonchev–Trinajstić information content (AvgIpc) is 1.99. The molecule has 0 amide bonds. The molecule has 0 spiro atoms. The Kier molecular flexibility index (Phi) is 4.16. The molecule has 1 N–H and O–H groups in total. The van der Waals surface area contributed by atoms with Crippen molar-refractivity contribution in [1.29, 1.82) is 0 Å². The molecule has 0 aromatic rings. The molecule has 70 valence electrons. The zero-order valence-electron chi connectivity index (χ0n) is 7.92. The Bertz CT molecular complexity index is 165. The van der Waals surface area contributed by atoms with E-state index in [-0.39, 0.29) is 6.10 Å². The molecule has 0 aliphatic heterocycles. The van der Waals surface area contributed by atoms with Crippen LogP contribution >= 0.6 is 11.8 Å². The van der Waals surface area contributed by atoms with Crippen LogP contribution in [0.2, 0.25) is 0 Å². The summed E-state index contributed by atoms with van der Waals surface area (Å²) in [5.74, 6) is 1.85. The summed E-state index contributed by atoms with van der Waals surface area (Å²) in [6.45, 7) is 2.22. The van der Waals surface area contributed by atoms with Gasteiger partial charge < -0.3 is 5.11 Å². The van der Waals surface area contributed by atoms with E-state index >= 15 is 0 Å². The Labute approximate surface area is 79.2 Å². The topological polar surface area (TPSA) is 20.2 Å². The molecular weight excluding hydrogens is 168 g/mol. The standard InChI is InChI=1S/C10H18OS/c1-8-5-9(3-4-12-2)7-10(11)6-8/h7-8,10-11H,3-6H2,1-2H3. The third kappa shape index (κ3) is 3.20. The lowest BCUT2D eigenvalue weighted by Gasteiger charge is -2.22. The van der Waals surface area contributed by atoms with E-state index in [1.54, 1.807) is 0 Å². The summed E-state index contributed by atoms with van der Waals surface area (Å²) in [7, 11) is 0. The lowest BCUT2D eigenvalue weighted by Crippen LogP contribution is -2.16. The highest BCUT2D eigenvalue weighted by Gasteiger charge is 2.16. The minimum atomic E-state index is -0.175. The molecular formula is C10H18OS. The molecule has 1 aliphatic rings. The second kappa shape index (κ2) is 4.93. The molecule has 12 heavy (non-hydrogen) atoms. The maximum absolute atomic E-state index is 9.47. The van der Waals surface area contributed by atoms with Crippen LogP contribution in [-0.2, 0) is 0 Å². The molecule has 1 aliphatic carbocycles. The van der Waals surface area contributed by atoms with Gasteiger partial charge in [-0.1, -0.05) is 18.6 Å². The van der Waals surface area contributed by atoms with Gasteiger partial charge in [0.1, 0.15) is 0 Å². The molecule has 0 saturated heterocycles. The van der Waals surface area contributed by atoms with Crippen LogP contribution in [0.15, 0.2) is 11.6 Å². The van der Waals surface area contributed by atoms with Crippen molar-refractivity contribution in [3.8, 4) is 0 Å². The second-order valence-electron chi connectivity index (χ2n) is 3.68. The quantitative estimate of drug-likeness (QED) is 0.683. The van der Waals surface area contributed by atoms with Gasteiger partial charge in [-0.25, -0.2) is 0 Å². The van der Waals surface area contributed by atoms with E-state index in [0.29, 0.717) is 5.92 Å². The summed E-state index contributed by atoms with van der Waals surface area (Å²) in [5.41, 5.74) is 1.45. The Balaban J connectivity index is 2.40. The number of aliphatic hydroxyl groups excluding tert-OH is 1. The number of aliphatic hydroxyl groups is 1. The van der Waals surface area contributed by atoms with Crippen LogP contribution < -0.4 is 0 Å². The lowest BCUT2D eigenvalue weighted by atomic mass is 9.87. The van der Waals surface area contributed by atoms with Gasteiger partial charge in [-0.15, -0.1) is 0 Å². The molecule has 1 rings (SSSR count). The number of allylic oxidation sites excluding steroid dienone is 1. The summed E-state index contributed by atoms with van der Waals surface area (Å²) >= 11 is 1.88. The minimum absolute atomic E-state index is 0.175. The highest BCUT2D eigenvalue weighted by atomic mass is 32.2. The Hall–Kier alpha value is 0.0500. The Morgan fingerprint density at radius 2 is 2.42 bits per heavy atom. The molecule has 0 heterocycles. The van der Waals surface area contributed by atoms with E-state index in [2.05, 4.69) is 19.3 Å². The van der Waals surface area contributed by atoms with Crippen molar-refractivity contribution in [1.82, 2.24) is 0 Å². The van der Waals surface area contributed by atoms with Gasteiger partial charge in [0.05, 0.1) is 6.10 Å². The summed E-state index contributed by atoms with van der Waals surface area (Å²) in [6, 6.07) is 0. The Morgan fingerprint density at radius 3 is 3.00 bits per heavy atom. The smallest absolute Gasteiger partial charge is 0.0726 e. The molecule has 0 radical (unpaired) electrons. The Morgan fingerprint density at radius 1 is 1.67 bits per heavy atom. The number of rotatable bonds is 3. The van der Waals surface area contributed by atoms with Gasteiger partial charge in [-0.2, -0.15) is 11.8 Å². The monoisotopic (exact) mass is 186 g/mol. The van der Waals surface area contributed by atoms with Gasteiger partial charge in [0.25, 0.3) is 0 Å². The van der Waals surface area contributed by atoms with E-state index in [1.165, 1.54) is 17.7 Å². The van der Waals surface area contributed by atoms with E-state index in [0.717, 1.165) is 12.8 Å². The minimum Gasteiger partial charge on any atom is -0.389 e. The van der Waals surface area contributed by atoms with Gasteiger partial charge in [0.15, 0.2) is 0 Å². The first-order valence-electron chi connectivity index (χ1n) is 4.59. The predicted octanol–water partition coefficient (Wildman–Crippen LogP) is 2.46. The second-order valence-corrected chi connectivity index (χ2v) is 4.67. The summed E-state index contributed by atoms with van der Waals surface area (Å²) < 4.78 is 0. The number of hydrogen-bond acceptors (Lipinski definition) is 2. The fourth-order valence-corrected chi connectivity index (χ4v) is 2.24. The van der Waals surface area contributed by atoms with Crippen LogP contribution in [0.5, 0.6) is 0 Å². The highest BCUT2D eigenvalue weighted by molar-refractivity contribution is 7.98. The van der Waals surface area contributed by atoms with Crippen molar-refractivity contribution < 1.29 is 5.11 Å². The van der Waals surface area contributed by atoms with Crippen LogP contribution in [0.3, 0.4) is 0 Å². The van der Waals surface area contributed by atoms with Crippen molar-refractivity contribution in [3.05, 3.63) is 11.6 Å². The van der Waals surface area contributed by atoms with Crippen LogP contribution in [0.1, 0.15) is 26.2 Å². The van der Waals surface area contributed by atoms with Crippen LogP contribution in [-0.4, -0.2) is 23.2 Å². The highest BCUT2D eigenvalue weighted by Crippen LogP contribution is 2.26. The zero-order chi connectivity index (χ0) is 8.97. The van der Waals surface area contributed by atoms with Gasteiger partial charge >= 0.3 is 0 Å². The summed E-state index contributed by atoms with van der Waals surface area (Å²) in [6.07, 6.45) is 7.30. The van der Waals surface area contributed by atoms with Crippen LogP contribution in [0, 0.1) is 5.92 Å². The molecule has 0 fully saturated rings. The normalized spacial score (nSPS) is 30.1. The number of hydrogen-bond donors (Lipinski definition) is 1. The van der Waals surface area contributed by atoms with E-state index in [1.807, 2.05) is 11.8 Å². The third-order valence-corrected chi connectivity index (χ3v) is 2.92. The molecule has 0 saturated carbocycles. The summed E-state index contributed by atoms with van der Waals surface area (Å²) in [4.78, 5) is 0. The number of thioether (sulfide) groups is 1. The largest absolute Gasteiger partial charge is 0.389 e. The van der Waals surface area contributed by atoms with Crippen molar-refractivity contribution >= 4 is 11.8 Å². The average molecular weight is 186 g/mol. The first kappa shape index (κ1) is 10.1. The summed E-state index contributed by atoms with van der Waals surface area (Å²) in [5, 5.41) is 9.47. The third-order valence-electron chi connectivity index (χ3n) is 2.31. The van der Waals surface area contributed by atoms with Crippen molar-refractivity contribution in [2.75, 3.05) is 12.0 Å². The first-order chi connectivity index (χ1) is 5.72. The van der Waals surface area contributed by atoms with Gasteiger partial charge in [0.2, 0.25) is 0 Å². The van der Waals surface area contributed by atoms with Crippen LogP contribution in [0.4, 0.5) is 0 Å². The fraction of sp³-hybridized carbons (Fsp3) is 0.800. The van der Waals surface area contributed by atoms with Crippen LogP contribution in [0.25, 0.3) is 0 Å². The maximum Gasteiger partial charge on any atom is 0.0726 e. The maximum atomic E-state index is 9.47. The van der Waals surface area contributed by atoms with Crippen molar-refractivity contribution in [2.24, 2.45) is 5.92 Å². The lowest BCUT2D eigenvalue weighted by molar-refractivity contribution is 0.180. The van der Waals surface area contributed by atoms with Crippen molar-refractivity contribution in [3.63, 3.8) is 0 Å². The van der Waals surface area contributed by atoms with E-state index < -0.39 is 0 Å². The molecule has 2 atom stereocenters. The molecule has 0 aromatic carbocycles. The van der Waals surface area contributed by atoms with E-state index in [9.17, 15) is 5.11 Å². The SMILES string of the molecule is CSCCC1=CC(O)CC(C)C1. The predicted molar refractivity (Wildman–Crippen MR) is 55.5 cm³/mol. The molecule has 0 bridgehead atoms. The zero-order valence-corrected chi connectivity index (χ0v) is 8.73. The fourth-order valence-electron chi connectivity index (χ4n) is 1.77.